The summed E-state index contributed by atoms with van der Waals surface area (Å²) in [5, 5.41) is 0. The zero-order valence-electron chi connectivity index (χ0n) is 12.4. The summed E-state index contributed by atoms with van der Waals surface area (Å²) in [6.07, 6.45) is 1.18. The van der Waals surface area contributed by atoms with Gasteiger partial charge < -0.3 is 9.80 Å². The number of alkyl halides is 1. The van der Waals surface area contributed by atoms with Crippen molar-refractivity contribution in [1.29, 1.82) is 0 Å². The van der Waals surface area contributed by atoms with Crippen molar-refractivity contribution < 1.29 is 0 Å². The SMILES string of the molecule is Cc1cc(C)c(CCl)c(N2CCCN(C)CC2C)n1. The van der Waals surface area contributed by atoms with E-state index in [1.807, 2.05) is 0 Å². The molecule has 3 nitrogen and oxygen atoms in total. The van der Waals surface area contributed by atoms with Crippen molar-refractivity contribution in [2.24, 2.45) is 0 Å². The first kappa shape index (κ1) is 14.6. The number of pyridine rings is 1. The molecule has 1 atom stereocenters. The van der Waals surface area contributed by atoms with Gasteiger partial charge >= 0.3 is 0 Å². The second kappa shape index (κ2) is 6.10. The molecule has 0 N–H and O–H groups in total. The molecule has 0 amide bonds. The highest BCUT2D eigenvalue weighted by Crippen LogP contribution is 2.27. The third-order valence-corrected chi connectivity index (χ3v) is 4.17. The van der Waals surface area contributed by atoms with Crippen LogP contribution in [0.15, 0.2) is 6.07 Å². The molecule has 0 aliphatic carbocycles. The van der Waals surface area contributed by atoms with Crippen molar-refractivity contribution in [1.82, 2.24) is 9.88 Å². The highest BCUT2D eigenvalue weighted by atomic mass is 35.5. The van der Waals surface area contributed by atoms with Crippen LogP contribution in [0.25, 0.3) is 0 Å². The smallest absolute Gasteiger partial charge is 0.133 e. The minimum atomic E-state index is 0.475. The number of aryl methyl sites for hydroxylation is 2. The van der Waals surface area contributed by atoms with E-state index >= 15 is 0 Å². The Morgan fingerprint density at radius 2 is 2.11 bits per heavy atom. The van der Waals surface area contributed by atoms with E-state index in [2.05, 4.69) is 43.7 Å². The lowest BCUT2D eigenvalue weighted by atomic mass is 10.1. The van der Waals surface area contributed by atoms with Gasteiger partial charge in [-0.15, -0.1) is 11.6 Å². The maximum absolute atomic E-state index is 6.15. The maximum atomic E-state index is 6.15. The van der Waals surface area contributed by atoms with Crippen molar-refractivity contribution in [3.05, 3.63) is 22.9 Å². The van der Waals surface area contributed by atoms with Crippen LogP contribution in [0.4, 0.5) is 5.82 Å². The van der Waals surface area contributed by atoms with Gasteiger partial charge in [0.15, 0.2) is 0 Å². The number of likely N-dealkylation sites (N-methyl/N-ethyl adjacent to an activating group) is 1. The molecular formula is C15H24ClN3. The normalized spacial score (nSPS) is 21.5. The Bertz CT molecular complexity index is 447. The van der Waals surface area contributed by atoms with Crippen LogP contribution in [-0.2, 0) is 5.88 Å². The van der Waals surface area contributed by atoms with Crippen LogP contribution >= 0.6 is 11.6 Å². The Balaban J connectivity index is 2.39. The molecule has 1 aromatic rings. The van der Waals surface area contributed by atoms with Gasteiger partial charge in [0.25, 0.3) is 0 Å². The lowest BCUT2D eigenvalue weighted by Gasteiger charge is -2.31. The Hall–Kier alpha value is -0.800. The summed E-state index contributed by atoms with van der Waals surface area (Å²) in [6, 6.07) is 2.60. The largest absolute Gasteiger partial charge is 0.352 e. The minimum absolute atomic E-state index is 0.475. The van der Waals surface area contributed by atoms with Crippen LogP contribution in [0.5, 0.6) is 0 Å². The van der Waals surface area contributed by atoms with Gasteiger partial charge in [-0.3, -0.25) is 0 Å². The predicted molar refractivity (Wildman–Crippen MR) is 82.2 cm³/mol. The molecular weight excluding hydrogens is 258 g/mol. The second-order valence-electron chi connectivity index (χ2n) is 5.67. The van der Waals surface area contributed by atoms with E-state index in [-0.39, 0.29) is 0 Å². The first-order chi connectivity index (χ1) is 9.02. The van der Waals surface area contributed by atoms with Gasteiger partial charge in [0.1, 0.15) is 5.82 Å². The molecule has 1 aromatic heterocycles. The van der Waals surface area contributed by atoms with Gasteiger partial charge in [0.05, 0.1) is 5.88 Å². The number of hydrogen-bond acceptors (Lipinski definition) is 3. The van der Waals surface area contributed by atoms with Crippen LogP contribution in [0.1, 0.15) is 30.2 Å². The average molecular weight is 282 g/mol. The molecule has 2 rings (SSSR count). The number of aromatic nitrogens is 1. The minimum Gasteiger partial charge on any atom is -0.352 e. The Morgan fingerprint density at radius 3 is 2.79 bits per heavy atom. The van der Waals surface area contributed by atoms with Crippen molar-refractivity contribution in [3.8, 4) is 0 Å². The van der Waals surface area contributed by atoms with E-state index in [1.54, 1.807) is 0 Å². The summed E-state index contributed by atoms with van der Waals surface area (Å²) in [7, 11) is 2.19. The van der Waals surface area contributed by atoms with E-state index in [4.69, 9.17) is 16.6 Å². The van der Waals surface area contributed by atoms with E-state index in [0.29, 0.717) is 11.9 Å². The van der Waals surface area contributed by atoms with Gasteiger partial charge in [-0.25, -0.2) is 4.98 Å². The third-order valence-electron chi connectivity index (χ3n) is 3.91. The maximum Gasteiger partial charge on any atom is 0.133 e. The van der Waals surface area contributed by atoms with Crippen molar-refractivity contribution >= 4 is 17.4 Å². The van der Waals surface area contributed by atoms with Gasteiger partial charge in [-0.2, -0.15) is 0 Å². The van der Waals surface area contributed by atoms with Gasteiger partial charge in [0, 0.05) is 30.4 Å². The molecule has 0 aromatic carbocycles. The number of hydrogen-bond donors (Lipinski definition) is 0. The third kappa shape index (κ3) is 3.21. The van der Waals surface area contributed by atoms with Crippen LogP contribution in [0, 0.1) is 13.8 Å². The number of anilines is 1. The molecule has 0 radical (unpaired) electrons. The van der Waals surface area contributed by atoms with Gasteiger partial charge in [-0.1, -0.05) is 0 Å². The monoisotopic (exact) mass is 281 g/mol. The van der Waals surface area contributed by atoms with E-state index in [1.165, 1.54) is 17.5 Å². The molecule has 2 heterocycles. The lowest BCUT2D eigenvalue weighted by Crippen LogP contribution is -2.39. The standard InChI is InChI=1S/C15H24ClN3/c1-11-8-12(2)17-15(14(11)9-16)19-7-5-6-18(4)10-13(19)3/h8,13H,5-7,9-10H2,1-4H3. The highest BCUT2D eigenvalue weighted by Gasteiger charge is 2.23. The molecule has 0 spiro atoms. The van der Waals surface area contributed by atoms with Crippen molar-refractivity contribution in [2.75, 3.05) is 31.6 Å². The molecule has 1 aliphatic heterocycles. The summed E-state index contributed by atoms with van der Waals surface area (Å²) >= 11 is 6.15. The highest BCUT2D eigenvalue weighted by molar-refractivity contribution is 6.17. The van der Waals surface area contributed by atoms with Crippen LogP contribution < -0.4 is 4.90 Å². The van der Waals surface area contributed by atoms with Crippen molar-refractivity contribution in [2.45, 2.75) is 39.1 Å². The first-order valence-electron chi connectivity index (χ1n) is 7.01. The lowest BCUT2D eigenvalue weighted by molar-refractivity contribution is 0.337. The number of rotatable bonds is 2. The fourth-order valence-corrected chi connectivity index (χ4v) is 3.26. The van der Waals surface area contributed by atoms with Gasteiger partial charge in [0.2, 0.25) is 0 Å². The molecule has 0 bridgehead atoms. The summed E-state index contributed by atoms with van der Waals surface area (Å²) in [5.41, 5.74) is 3.51. The van der Waals surface area contributed by atoms with E-state index in [9.17, 15) is 0 Å². The zero-order valence-corrected chi connectivity index (χ0v) is 13.2. The fraction of sp³-hybridized carbons (Fsp3) is 0.667. The Morgan fingerprint density at radius 1 is 1.37 bits per heavy atom. The molecule has 1 unspecified atom stereocenters. The van der Waals surface area contributed by atoms with Crippen LogP contribution in [-0.4, -0.2) is 42.6 Å². The molecule has 4 heteroatoms. The summed E-state index contributed by atoms with van der Waals surface area (Å²) < 4.78 is 0. The number of halogens is 1. The van der Waals surface area contributed by atoms with Gasteiger partial charge in [-0.05, 0) is 52.4 Å². The predicted octanol–water partition coefficient (Wildman–Crippen LogP) is 2.97. The second-order valence-corrected chi connectivity index (χ2v) is 5.94. The van der Waals surface area contributed by atoms with Crippen LogP contribution in [0.2, 0.25) is 0 Å². The molecule has 19 heavy (non-hydrogen) atoms. The van der Waals surface area contributed by atoms with E-state index in [0.717, 1.165) is 31.1 Å². The summed E-state index contributed by atoms with van der Waals surface area (Å²) in [6.45, 7) is 9.76. The fourth-order valence-electron chi connectivity index (χ4n) is 2.93. The Kier molecular flexibility index (Phi) is 4.69. The Labute approximate surface area is 121 Å². The first-order valence-corrected chi connectivity index (χ1v) is 7.54. The molecule has 1 fully saturated rings. The topological polar surface area (TPSA) is 19.4 Å². The zero-order chi connectivity index (χ0) is 14.0. The summed E-state index contributed by atoms with van der Waals surface area (Å²) in [5.74, 6) is 1.63. The summed E-state index contributed by atoms with van der Waals surface area (Å²) in [4.78, 5) is 9.60. The number of nitrogens with zero attached hydrogens (tertiary/aromatic N) is 3. The average Bonchev–Trinajstić information content (AvgIpc) is 2.49. The molecule has 0 saturated carbocycles. The van der Waals surface area contributed by atoms with Crippen molar-refractivity contribution in [3.63, 3.8) is 0 Å². The molecule has 1 saturated heterocycles. The molecule has 106 valence electrons. The molecule has 1 aliphatic rings. The quantitative estimate of drug-likeness (QED) is 0.777. The van der Waals surface area contributed by atoms with Crippen LogP contribution in [0.3, 0.4) is 0 Å². The van der Waals surface area contributed by atoms with E-state index < -0.39 is 0 Å².